The van der Waals surface area contributed by atoms with Crippen LogP contribution in [0.1, 0.15) is 37.7 Å². The van der Waals surface area contributed by atoms with Crippen molar-refractivity contribution in [3.63, 3.8) is 0 Å². The predicted octanol–water partition coefficient (Wildman–Crippen LogP) is 2.99. The Balaban J connectivity index is 1.83. The Morgan fingerprint density at radius 1 is 1.24 bits per heavy atom. The number of sulfone groups is 1. The van der Waals surface area contributed by atoms with Crippen molar-refractivity contribution in [2.24, 2.45) is 0 Å². The van der Waals surface area contributed by atoms with E-state index in [1.54, 1.807) is 19.2 Å². The molecule has 0 heterocycles. The number of amides is 1. The maximum Gasteiger partial charge on any atom is 0.387 e. The van der Waals surface area contributed by atoms with Gasteiger partial charge < -0.3 is 9.64 Å². The van der Waals surface area contributed by atoms with Crippen LogP contribution in [0, 0.1) is 0 Å². The molecule has 140 valence electrons. The number of rotatable bonds is 8. The van der Waals surface area contributed by atoms with Crippen molar-refractivity contribution in [2.45, 2.75) is 50.5 Å². The number of carbonyl (C=O) groups excluding carboxylic acids is 1. The molecule has 1 saturated carbocycles. The highest BCUT2D eigenvalue weighted by Crippen LogP contribution is 2.25. The highest BCUT2D eigenvalue weighted by atomic mass is 32.2. The van der Waals surface area contributed by atoms with E-state index in [4.69, 9.17) is 0 Å². The summed E-state index contributed by atoms with van der Waals surface area (Å²) in [6, 6.07) is 6.00. The molecule has 0 spiro atoms. The van der Waals surface area contributed by atoms with Gasteiger partial charge in [0, 0.05) is 20.0 Å². The first-order valence-corrected chi connectivity index (χ1v) is 9.99. The zero-order valence-electron chi connectivity index (χ0n) is 14.2. The molecule has 5 nitrogen and oxygen atoms in total. The third kappa shape index (κ3) is 5.95. The molecule has 2 rings (SSSR count). The highest BCUT2D eigenvalue weighted by Gasteiger charge is 2.29. The summed E-state index contributed by atoms with van der Waals surface area (Å²) in [5, 5.41) is -0.298. The van der Waals surface area contributed by atoms with Crippen LogP contribution in [0.3, 0.4) is 0 Å². The second kappa shape index (κ2) is 8.60. The van der Waals surface area contributed by atoms with Crippen LogP contribution in [0.5, 0.6) is 5.75 Å². The molecule has 0 bridgehead atoms. The van der Waals surface area contributed by atoms with E-state index >= 15 is 0 Å². The summed E-state index contributed by atoms with van der Waals surface area (Å²) in [7, 11) is -1.62. The van der Waals surface area contributed by atoms with Crippen LogP contribution >= 0.6 is 0 Å². The highest BCUT2D eigenvalue weighted by molar-refractivity contribution is 7.92. The van der Waals surface area contributed by atoms with E-state index in [0.717, 1.165) is 18.4 Å². The number of alkyl halides is 2. The second-order valence-electron chi connectivity index (χ2n) is 6.30. The smallest absolute Gasteiger partial charge is 0.387 e. The molecule has 0 atom stereocenters. The largest absolute Gasteiger partial charge is 0.435 e. The van der Waals surface area contributed by atoms with Crippen LogP contribution in [0.15, 0.2) is 24.3 Å². The molecule has 1 amide bonds. The Kier molecular flexibility index (Phi) is 6.75. The lowest BCUT2D eigenvalue weighted by Gasteiger charge is -2.18. The third-order valence-corrected chi connectivity index (χ3v) is 6.66. The quantitative estimate of drug-likeness (QED) is 0.701. The van der Waals surface area contributed by atoms with Crippen LogP contribution in [0.25, 0.3) is 0 Å². The van der Waals surface area contributed by atoms with E-state index < -0.39 is 16.4 Å². The standard InChI is InChI=1S/C17H23F2NO4S/c1-20(12-13-6-8-14(9-7-13)24-17(18)19)16(21)10-11-25(22,23)15-4-2-3-5-15/h6-9,15,17H,2-5,10-12H2,1H3. The van der Waals surface area contributed by atoms with Gasteiger partial charge in [0.25, 0.3) is 0 Å². The fourth-order valence-electron chi connectivity index (χ4n) is 2.97. The number of nitrogens with zero attached hydrogens (tertiary/aromatic N) is 1. The maximum atomic E-state index is 12.2. The Hall–Kier alpha value is -1.70. The van der Waals surface area contributed by atoms with Crippen molar-refractivity contribution in [2.75, 3.05) is 12.8 Å². The Labute approximate surface area is 146 Å². The molecular weight excluding hydrogens is 352 g/mol. The number of halogens is 2. The van der Waals surface area contributed by atoms with Crippen LogP contribution < -0.4 is 4.74 Å². The van der Waals surface area contributed by atoms with E-state index in [-0.39, 0.29) is 35.6 Å². The van der Waals surface area contributed by atoms with Crippen molar-refractivity contribution >= 4 is 15.7 Å². The lowest BCUT2D eigenvalue weighted by Crippen LogP contribution is -2.30. The van der Waals surface area contributed by atoms with Crippen LogP contribution in [-0.4, -0.2) is 43.9 Å². The number of carbonyl (C=O) groups is 1. The zero-order valence-corrected chi connectivity index (χ0v) is 15.0. The summed E-state index contributed by atoms with van der Waals surface area (Å²) in [6.45, 7) is -2.60. The summed E-state index contributed by atoms with van der Waals surface area (Å²) in [5.74, 6) is -0.327. The first kappa shape index (κ1) is 19.6. The second-order valence-corrected chi connectivity index (χ2v) is 8.70. The minimum Gasteiger partial charge on any atom is -0.435 e. The number of hydrogen-bond donors (Lipinski definition) is 0. The molecule has 1 aromatic carbocycles. The molecule has 0 aromatic heterocycles. The maximum absolute atomic E-state index is 12.2. The van der Waals surface area contributed by atoms with Gasteiger partial charge in [0.1, 0.15) is 5.75 Å². The van der Waals surface area contributed by atoms with E-state index in [1.807, 2.05) is 0 Å². The summed E-state index contributed by atoms with van der Waals surface area (Å²) in [4.78, 5) is 13.6. The van der Waals surface area contributed by atoms with Crippen molar-refractivity contribution in [3.8, 4) is 5.75 Å². The lowest BCUT2D eigenvalue weighted by molar-refractivity contribution is -0.130. The molecule has 25 heavy (non-hydrogen) atoms. The fourth-order valence-corrected chi connectivity index (χ4v) is 4.82. The minimum atomic E-state index is -3.21. The summed E-state index contributed by atoms with van der Waals surface area (Å²) < 4.78 is 52.9. The minimum absolute atomic E-state index is 0.0398. The molecule has 0 saturated heterocycles. The monoisotopic (exact) mass is 375 g/mol. The van der Waals surface area contributed by atoms with Gasteiger partial charge in [-0.3, -0.25) is 4.79 Å². The molecule has 1 fully saturated rings. The molecule has 1 aliphatic carbocycles. The van der Waals surface area contributed by atoms with Crippen LogP contribution in [0.4, 0.5) is 8.78 Å². The molecule has 1 aliphatic rings. The Bertz CT molecular complexity index is 670. The average molecular weight is 375 g/mol. The molecule has 0 radical (unpaired) electrons. The van der Waals surface area contributed by atoms with Gasteiger partial charge in [0.05, 0.1) is 11.0 Å². The first-order valence-electron chi connectivity index (χ1n) is 8.27. The number of hydrogen-bond acceptors (Lipinski definition) is 4. The molecule has 1 aromatic rings. The Morgan fingerprint density at radius 2 is 1.84 bits per heavy atom. The molecule has 0 N–H and O–H groups in total. The van der Waals surface area contributed by atoms with Gasteiger partial charge in [-0.05, 0) is 30.5 Å². The van der Waals surface area contributed by atoms with E-state index in [0.29, 0.717) is 12.8 Å². The van der Waals surface area contributed by atoms with Crippen molar-refractivity contribution in [3.05, 3.63) is 29.8 Å². The van der Waals surface area contributed by atoms with Gasteiger partial charge in [-0.25, -0.2) is 8.42 Å². The molecular formula is C17H23F2NO4S. The van der Waals surface area contributed by atoms with Gasteiger partial charge in [-0.1, -0.05) is 25.0 Å². The van der Waals surface area contributed by atoms with Crippen molar-refractivity contribution in [1.29, 1.82) is 0 Å². The van der Waals surface area contributed by atoms with E-state index in [1.165, 1.54) is 17.0 Å². The van der Waals surface area contributed by atoms with E-state index in [2.05, 4.69) is 4.74 Å². The fraction of sp³-hybridized carbons (Fsp3) is 0.588. The normalized spacial score (nSPS) is 15.5. The first-order chi connectivity index (χ1) is 11.8. The van der Waals surface area contributed by atoms with E-state index in [9.17, 15) is 22.0 Å². The number of benzene rings is 1. The van der Waals surface area contributed by atoms with Crippen LogP contribution in [-0.2, 0) is 21.2 Å². The van der Waals surface area contributed by atoms with Gasteiger partial charge in [0.15, 0.2) is 9.84 Å². The molecule has 0 aliphatic heterocycles. The summed E-state index contributed by atoms with van der Waals surface area (Å²) >= 11 is 0. The Morgan fingerprint density at radius 3 is 2.40 bits per heavy atom. The van der Waals surface area contributed by atoms with Crippen molar-refractivity contribution in [1.82, 2.24) is 4.90 Å². The van der Waals surface area contributed by atoms with Gasteiger partial charge >= 0.3 is 6.61 Å². The van der Waals surface area contributed by atoms with Crippen molar-refractivity contribution < 1.29 is 26.7 Å². The van der Waals surface area contributed by atoms with Gasteiger partial charge in [0.2, 0.25) is 5.91 Å². The predicted molar refractivity (Wildman–Crippen MR) is 90.2 cm³/mol. The summed E-state index contributed by atoms with van der Waals surface area (Å²) in [6.07, 6.45) is 3.22. The average Bonchev–Trinajstić information content (AvgIpc) is 3.09. The SMILES string of the molecule is CN(Cc1ccc(OC(F)F)cc1)C(=O)CCS(=O)(=O)C1CCCC1. The van der Waals surface area contributed by atoms with Gasteiger partial charge in [-0.2, -0.15) is 8.78 Å². The third-order valence-electron chi connectivity index (χ3n) is 4.40. The zero-order chi connectivity index (χ0) is 18.4. The molecule has 0 unspecified atom stereocenters. The lowest BCUT2D eigenvalue weighted by atomic mass is 10.2. The topological polar surface area (TPSA) is 63.7 Å². The van der Waals surface area contributed by atoms with Gasteiger partial charge in [-0.15, -0.1) is 0 Å². The molecule has 8 heteroatoms. The number of ether oxygens (including phenoxy) is 1. The summed E-state index contributed by atoms with van der Waals surface area (Å²) in [5.41, 5.74) is 0.746. The van der Waals surface area contributed by atoms with Crippen LogP contribution in [0.2, 0.25) is 0 Å².